The van der Waals surface area contributed by atoms with Crippen LogP contribution in [-0.2, 0) is 0 Å². The standard InChI is InChI=1S/C13H17Cl2NO2/c1-3-13(2,6-7-17)16-12(18)10-8-9(14)4-5-11(10)15/h4-5,8,17H,3,6-7H2,1-2H3,(H,16,18). The topological polar surface area (TPSA) is 49.3 Å². The zero-order valence-corrected chi connectivity index (χ0v) is 12.0. The summed E-state index contributed by atoms with van der Waals surface area (Å²) in [6.07, 6.45) is 1.21. The van der Waals surface area contributed by atoms with Gasteiger partial charge in [-0.15, -0.1) is 0 Å². The maximum atomic E-state index is 12.1. The second-order valence-electron chi connectivity index (χ2n) is 4.47. The van der Waals surface area contributed by atoms with Crippen molar-refractivity contribution in [1.82, 2.24) is 5.32 Å². The first-order valence-electron chi connectivity index (χ1n) is 5.80. The number of halogens is 2. The Hall–Kier alpha value is -0.770. The fourth-order valence-corrected chi connectivity index (χ4v) is 1.96. The summed E-state index contributed by atoms with van der Waals surface area (Å²) in [4.78, 5) is 12.1. The normalized spacial score (nSPS) is 14.1. The van der Waals surface area contributed by atoms with Gasteiger partial charge in [0.2, 0.25) is 0 Å². The Balaban J connectivity index is 2.90. The third kappa shape index (κ3) is 3.87. The van der Waals surface area contributed by atoms with Gasteiger partial charge in [-0.25, -0.2) is 0 Å². The van der Waals surface area contributed by atoms with E-state index in [0.29, 0.717) is 22.0 Å². The van der Waals surface area contributed by atoms with Crippen LogP contribution in [0.5, 0.6) is 0 Å². The molecule has 100 valence electrons. The SMILES string of the molecule is CCC(C)(CCO)NC(=O)c1cc(Cl)ccc1Cl. The van der Waals surface area contributed by atoms with Gasteiger partial charge in [-0.3, -0.25) is 4.79 Å². The highest BCUT2D eigenvalue weighted by atomic mass is 35.5. The highest BCUT2D eigenvalue weighted by Crippen LogP contribution is 2.22. The van der Waals surface area contributed by atoms with E-state index in [-0.39, 0.29) is 12.5 Å². The summed E-state index contributed by atoms with van der Waals surface area (Å²) < 4.78 is 0. The van der Waals surface area contributed by atoms with Gasteiger partial charge in [-0.05, 0) is 38.0 Å². The number of nitrogens with one attached hydrogen (secondary N) is 1. The van der Waals surface area contributed by atoms with Gasteiger partial charge in [0, 0.05) is 17.2 Å². The summed E-state index contributed by atoms with van der Waals surface area (Å²) in [6.45, 7) is 3.86. The molecule has 5 heteroatoms. The molecule has 1 aromatic rings. The predicted octanol–water partition coefficient (Wildman–Crippen LogP) is 3.27. The van der Waals surface area contributed by atoms with Crippen LogP contribution < -0.4 is 5.32 Å². The van der Waals surface area contributed by atoms with Gasteiger partial charge in [0.15, 0.2) is 0 Å². The van der Waals surface area contributed by atoms with Crippen LogP contribution in [0.3, 0.4) is 0 Å². The fourth-order valence-electron chi connectivity index (χ4n) is 1.59. The van der Waals surface area contributed by atoms with Crippen molar-refractivity contribution in [3.63, 3.8) is 0 Å². The molecule has 0 aliphatic heterocycles. The molecule has 1 amide bonds. The quantitative estimate of drug-likeness (QED) is 0.874. The number of carbonyl (C=O) groups excluding carboxylic acids is 1. The molecule has 3 nitrogen and oxygen atoms in total. The smallest absolute Gasteiger partial charge is 0.253 e. The molecule has 2 N–H and O–H groups in total. The van der Waals surface area contributed by atoms with Gasteiger partial charge < -0.3 is 10.4 Å². The molecule has 1 rings (SSSR count). The van der Waals surface area contributed by atoms with E-state index in [0.717, 1.165) is 6.42 Å². The molecular weight excluding hydrogens is 273 g/mol. The molecular formula is C13H17Cl2NO2. The molecule has 0 heterocycles. The van der Waals surface area contributed by atoms with Gasteiger partial charge in [0.05, 0.1) is 10.6 Å². The van der Waals surface area contributed by atoms with Crippen molar-refractivity contribution in [2.75, 3.05) is 6.61 Å². The van der Waals surface area contributed by atoms with Crippen molar-refractivity contribution < 1.29 is 9.90 Å². The predicted molar refractivity (Wildman–Crippen MR) is 74.3 cm³/mol. The minimum Gasteiger partial charge on any atom is -0.396 e. The zero-order valence-electron chi connectivity index (χ0n) is 10.5. The van der Waals surface area contributed by atoms with Crippen molar-refractivity contribution in [2.24, 2.45) is 0 Å². The van der Waals surface area contributed by atoms with E-state index in [9.17, 15) is 4.79 Å². The first-order chi connectivity index (χ1) is 8.41. The Morgan fingerprint density at radius 3 is 2.67 bits per heavy atom. The third-order valence-electron chi connectivity index (χ3n) is 3.03. The number of hydrogen-bond acceptors (Lipinski definition) is 2. The Kier molecular flexibility index (Phi) is 5.45. The van der Waals surface area contributed by atoms with E-state index >= 15 is 0 Å². The number of aliphatic hydroxyl groups is 1. The van der Waals surface area contributed by atoms with E-state index in [4.69, 9.17) is 28.3 Å². The maximum absolute atomic E-state index is 12.1. The first-order valence-corrected chi connectivity index (χ1v) is 6.56. The molecule has 0 saturated heterocycles. The summed E-state index contributed by atoms with van der Waals surface area (Å²) in [5.74, 6) is -0.277. The second-order valence-corrected chi connectivity index (χ2v) is 5.31. The number of benzene rings is 1. The first kappa shape index (κ1) is 15.3. The number of rotatable bonds is 5. The van der Waals surface area contributed by atoms with Crippen LogP contribution in [0, 0.1) is 0 Å². The average molecular weight is 290 g/mol. The van der Waals surface area contributed by atoms with E-state index in [1.54, 1.807) is 12.1 Å². The fraction of sp³-hybridized carbons (Fsp3) is 0.462. The van der Waals surface area contributed by atoms with Crippen LogP contribution in [0.2, 0.25) is 10.0 Å². The molecule has 1 unspecified atom stereocenters. The summed E-state index contributed by atoms with van der Waals surface area (Å²) in [5.41, 5.74) is -0.0981. The summed E-state index contributed by atoms with van der Waals surface area (Å²) >= 11 is 11.8. The van der Waals surface area contributed by atoms with Crippen molar-refractivity contribution >= 4 is 29.1 Å². The van der Waals surface area contributed by atoms with E-state index in [1.165, 1.54) is 6.07 Å². The Labute approximate surface area is 117 Å². The lowest BCUT2D eigenvalue weighted by atomic mass is 9.94. The molecule has 0 aliphatic carbocycles. The molecule has 0 radical (unpaired) electrons. The van der Waals surface area contributed by atoms with Crippen LogP contribution in [0.15, 0.2) is 18.2 Å². The monoisotopic (exact) mass is 289 g/mol. The van der Waals surface area contributed by atoms with E-state index < -0.39 is 5.54 Å². The number of amides is 1. The zero-order chi connectivity index (χ0) is 13.8. The molecule has 0 fully saturated rings. The maximum Gasteiger partial charge on any atom is 0.253 e. The Morgan fingerprint density at radius 2 is 2.11 bits per heavy atom. The minimum absolute atomic E-state index is 0.0217. The molecule has 1 aromatic carbocycles. The molecule has 18 heavy (non-hydrogen) atoms. The summed E-state index contributed by atoms with van der Waals surface area (Å²) in [7, 11) is 0. The Bertz CT molecular complexity index is 437. The molecule has 0 aromatic heterocycles. The minimum atomic E-state index is -0.447. The largest absolute Gasteiger partial charge is 0.396 e. The van der Waals surface area contributed by atoms with E-state index in [1.807, 2.05) is 13.8 Å². The van der Waals surface area contributed by atoms with Crippen LogP contribution in [0.25, 0.3) is 0 Å². The molecule has 0 aliphatic rings. The van der Waals surface area contributed by atoms with Crippen molar-refractivity contribution in [1.29, 1.82) is 0 Å². The van der Waals surface area contributed by atoms with Crippen molar-refractivity contribution in [3.8, 4) is 0 Å². The lowest BCUT2D eigenvalue weighted by molar-refractivity contribution is 0.0886. The third-order valence-corrected chi connectivity index (χ3v) is 3.60. The van der Waals surface area contributed by atoms with Crippen molar-refractivity contribution in [2.45, 2.75) is 32.2 Å². The lowest BCUT2D eigenvalue weighted by Gasteiger charge is -2.29. The molecule has 0 spiro atoms. The van der Waals surface area contributed by atoms with Crippen LogP contribution in [-0.4, -0.2) is 23.2 Å². The van der Waals surface area contributed by atoms with Gasteiger partial charge in [-0.1, -0.05) is 30.1 Å². The van der Waals surface area contributed by atoms with Gasteiger partial charge in [-0.2, -0.15) is 0 Å². The second kappa shape index (κ2) is 6.41. The number of hydrogen-bond donors (Lipinski definition) is 2. The van der Waals surface area contributed by atoms with Crippen LogP contribution in [0.4, 0.5) is 0 Å². The van der Waals surface area contributed by atoms with Crippen LogP contribution >= 0.6 is 23.2 Å². The van der Waals surface area contributed by atoms with Gasteiger partial charge in [0.1, 0.15) is 0 Å². The number of carbonyl (C=O) groups is 1. The molecule has 0 saturated carbocycles. The average Bonchev–Trinajstić information content (AvgIpc) is 2.32. The highest BCUT2D eigenvalue weighted by molar-refractivity contribution is 6.35. The Morgan fingerprint density at radius 1 is 1.44 bits per heavy atom. The lowest BCUT2D eigenvalue weighted by Crippen LogP contribution is -2.46. The van der Waals surface area contributed by atoms with Crippen molar-refractivity contribution in [3.05, 3.63) is 33.8 Å². The molecule has 0 bridgehead atoms. The summed E-state index contributed by atoms with van der Waals surface area (Å²) in [6, 6.07) is 4.76. The molecule has 1 atom stereocenters. The van der Waals surface area contributed by atoms with Crippen LogP contribution in [0.1, 0.15) is 37.0 Å². The summed E-state index contributed by atoms with van der Waals surface area (Å²) in [5, 5.41) is 12.7. The van der Waals surface area contributed by atoms with E-state index in [2.05, 4.69) is 5.32 Å². The highest BCUT2D eigenvalue weighted by Gasteiger charge is 2.25. The van der Waals surface area contributed by atoms with Gasteiger partial charge >= 0.3 is 0 Å². The van der Waals surface area contributed by atoms with Gasteiger partial charge in [0.25, 0.3) is 5.91 Å². The number of aliphatic hydroxyl groups excluding tert-OH is 1.